The summed E-state index contributed by atoms with van der Waals surface area (Å²) >= 11 is 0. The maximum Gasteiger partial charge on any atom is 0.255 e. The van der Waals surface area contributed by atoms with E-state index in [2.05, 4.69) is 17.7 Å². The van der Waals surface area contributed by atoms with Gasteiger partial charge in [-0.05, 0) is 30.7 Å². The zero-order chi connectivity index (χ0) is 21.5. The lowest BCUT2D eigenvalue weighted by molar-refractivity contribution is -0.883. The van der Waals surface area contributed by atoms with Crippen LogP contribution in [0.5, 0.6) is 0 Å². The predicted octanol–water partition coefficient (Wildman–Crippen LogP) is 0.804. The Morgan fingerprint density at radius 2 is 1.60 bits per heavy atom. The Kier molecular flexibility index (Phi) is 7.19. The van der Waals surface area contributed by atoms with Gasteiger partial charge < -0.3 is 20.4 Å². The van der Waals surface area contributed by atoms with E-state index >= 15 is 0 Å². The van der Waals surface area contributed by atoms with E-state index in [1.165, 1.54) is 4.90 Å². The van der Waals surface area contributed by atoms with Crippen LogP contribution in [0.15, 0.2) is 54.6 Å². The minimum Gasteiger partial charge on any atom is -0.340 e. The van der Waals surface area contributed by atoms with Crippen molar-refractivity contribution in [3.05, 3.63) is 65.7 Å². The van der Waals surface area contributed by atoms with Gasteiger partial charge in [0, 0.05) is 5.56 Å². The Labute approximate surface area is 177 Å². The second-order valence-corrected chi connectivity index (χ2v) is 7.58. The second kappa shape index (κ2) is 10.0. The maximum atomic E-state index is 13.0. The third kappa shape index (κ3) is 5.24. The summed E-state index contributed by atoms with van der Waals surface area (Å²) in [5.74, 6) is -0.720. The van der Waals surface area contributed by atoms with Crippen LogP contribution in [0.2, 0.25) is 0 Å². The first-order valence-corrected chi connectivity index (χ1v) is 10.4. The van der Waals surface area contributed by atoms with Crippen LogP contribution >= 0.6 is 0 Å². The number of nitrogens with zero attached hydrogens (tertiary/aromatic N) is 1. The summed E-state index contributed by atoms with van der Waals surface area (Å²) in [4.78, 5) is 41.6. The van der Waals surface area contributed by atoms with Crippen LogP contribution in [0.3, 0.4) is 0 Å². The fraction of sp³-hybridized carbons (Fsp3) is 0.348. The van der Waals surface area contributed by atoms with E-state index < -0.39 is 6.04 Å². The minimum absolute atomic E-state index is 0.0517. The number of quaternary nitrogens is 1. The summed E-state index contributed by atoms with van der Waals surface area (Å²) in [7, 11) is 2.11. The first kappa shape index (κ1) is 21.5. The van der Waals surface area contributed by atoms with Crippen molar-refractivity contribution in [2.75, 3.05) is 38.5 Å². The highest BCUT2D eigenvalue weighted by molar-refractivity contribution is 6.09. The van der Waals surface area contributed by atoms with Gasteiger partial charge in [-0.1, -0.05) is 37.3 Å². The van der Waals surface area contributed by atoms with Gasteiger partial charge in [0.15, 0.2) is 0 Å². The molecule has 3 N–H and O–H groups in total. The minimum atomic E-state index is -0.589. The molecular formula is C23H29N4O3+. The lowest BCUT2D eigenvalue weighted by Gasteiger charge is -2.32. The lowest BCUT2D eigenvalue weighted by Crippen LogP contribution is -3.12. The van der Waals surface area contributed by atoms with Gasteiger partial charge in [0.25, 0.3) is 11.8 Å². The monoisotopic (exact) mass is 409 g/mol. The molecule has 1 saturated heterocycles. The molecule has 2 aromatic carbocycles. The van der Waals surface area contributed by atoms with Gasteiger partial charge in [-0.25, -0.2) is 0 Å². The van der Waals surface area contributed by atoms with Crippen molar-refractivity contribution in [3.8, 4) is 0 Å². The number of hydrogen-bond acceptors (Lipinski definition) is 3. The largest absolute Gasteiger partial charge is 0.340 e. The molecule has 0 aromatic heterocycles. The molecule has 0 aliphatic carbocycles. The molecule has 0 spiro atoms. The van der Waals surface area contributed by atoms with Crippen molar-refractivity contribution >= 4 is 23.4 Å². The molecule has 0 bridgehead atoms. The number of amides is 3. The van der Waals surface area contributed by atoms with Crippen LogP contribution < -0.4 is 15.5 Å². The van der Waals surface area contributed by atoms with E-state index in [0.29, 0.717) is 36.3 Å². The van der Waals surface area contributed by atoms with E-state index in [1.807, 2.05) is 17.9 Å². The van der Waals surface area contributed by atoms with E-state index in [1.54, 1.807) is 48.5 Å². The molecule has 1 aliphatic rings. The number of nitrogens with one attached hydrogen (secondary N) is 3. The zero-order valence-corrected chi connectivity index (χ0v) is 17.5. The topological polar surface area (TPSA) is 83.0 Å². The summed E-state index contributed by atoms with van der Waals surface area (Å²) < 4.78 is 0. The first-order valence-electron chi connectivity index (χ1n) is 10.4. The highest BCUT2D eigenvalue weighted by atomic mass is 16.2. The summed E-state index contributed by atoms with van der Waals surface area (Å²) in [6.45, 7) is 5.09. The number of anilines is 1. The smallest absolute Gasteiger partial charge is 0.255 e. The molecular weight excluding hydrogens is 380 g/mol. The van der Waals surface area contributed by atoms with E-state index in [9.17, 15) is 14.4 Å². The molecule has 0 radical (unpaired) electrons. The zero-order valence-electron chi connectivity index (χ0n) is 17.5. The highest BCUT2D eigenvalue weighted by Crippen LogP contribution is 2.17. The summed E-state index contributed by atoms with van der Waals surface area (Å²) in [5, 5.41) is 5.65. The molecule has 0 unspecified atom stereocenters. The fourth-order valence-electron chi connectivity index (χ4n) is 3.48. The number of benzene rings is 2. The van der Waals surface area contributed by atoms with Gasteiger partial charge in [0.2, 0.25) is 5.91 Å². The molecule has 2 aromatic rings. The van der Waals surface area contributed by atoms with Gasteiger partial charge in [-0.2, -0.15) is 0 Å². The molecule has 1 atom stereocenters. The van der Waals surface area contributed by atoms with Gasteiger partial charge in [0.1, 0.15) is 6.04 Å². The molecule has 1 heterocycles. The van der Waals surface area contributed by atoms with Crippen LogP contribution in [-0.4, -0.2) is 61.9 Å². The molecule has 158 valence electrons. The lowest BCUT2D eigenvalue weighted by atomic mass is 10.1. The Morgan fingerprint density at radius 3 is 2.27 bits per heavy atom. The maximum absolute atomic E-state index is 13.0. The van der Waals surface area contributed by atoms with Gasteiger partial charge >= 0.3 is 0 Å². The quantitative estimate of drug-likeness (QED) is 0.660. The van der Waals surface area contributed by atoms with Crippen molar-refractivity contribution in [2.24, 2.45) is 0 Å². The van der Waals surface area contributed by atoms with Crippen molar-refractivity contribution < 1.29 is 19.3 Å². The fourth-order valence-corrected chi connectivity index (χ4v) is 3.48. The van der Waals surface area contributed by atoms with Crippen molar-refractivity contribution in [3.63, 3.8) is 0 Å². The standard InChI is InChI=1S/C23H28N4O3/c1-3-19(23(30)27-15-13-26(2)14-16-27)24-22(29)18-11-7-8-12-20(18)25-21(28)17-9-5-4-6-10-17/h4-12,19H,3,13-16H2,1-2H3,(H,24,29)(H,25,28)/p+1/t19-/m1/s1. The number of hydrogen-bond donors (Lipinski definition) is 3. The third-order valence-corrected chi connectivity index (χ3v) is 5.40. The number of likely N-dealkylation sites (N-methyl/N-ethyl adjacent to an activating group) is 1. The number of carbonyl (C=O) groups excluding carboxylic acids is 3. The Bertz CT molecular complexity index is 892. The predicted molar refractivity (Wildman–Crippen MR) is 116 cm³/mol. The van der Waals surface area contributed by atoms with Crippen LogP contribution in [0.4, 0.5) is 5.69 Å². The van der Waals surface area contributed by atoms with Crippen molar-refractivity contribution in [2.45, 2.75) is 19.4 Å². The van der Waals surface area contributed by atoms with E-state index in [0.717, 1.165) is 13.1 Å². The third-order valence-electron chi connectivity index (χ3n) is 5.40. The number of piperazine rings is 1. The van der Waals surface area contributed by atoms with Gasteiger partial charge in [-0.3, -0.25) is 14.4 Å². The number of para-hydroxylation sites is 1. The highest BCUT2D eigenvalue weighted by Gasteiger charge is 2.28. The second-order valence-electron chi connectivity index (χ2n) is 7.58. The average molecular weight is 410 g/mol. The Hall–Kier alpha value is -3.19. The van der Waals surface area contributed by atoms with Crippen LogP contribution in [-0.2, 0) is 4.79 Å². The first-order chi connectivity index (χ1) is 14.5. The molecule has 1 aliphatic heterocycles. The summed E-state index contributed by atoms with van der Waals surface area (Å²) in [6, 6.07) is 15.0. The number of rotatable bonds is 6. The summed E-state index contributed by atoms with van der Waals surface area (Å²) in [6.07, 6.45) is 0.502. The van der Waals surface area contributed by atoms with Crippen LogP contribution in [0.1, 0.15) is 34.1 Å². The molecule has 7 heteroatoms. The SMILES string of the molecule is CC[C@@H](NC(=O)c1ccccc1NC(=O)c1ccccc1)C(=O)N1CC[NH+](C)CC1. The molecule has 1 fully saturated rings. The molecule has 0 saturated carbocycles. The molecule has 3 amide bonds. The Balaban J connectivity index is 1.70. The van der Waals surface area contributed by atoms with Crippen molar-refractivity contribution in [1.82, 2.24) is 10.2 Å². The molecule has 30 heavy (non-hydrogen) atoms. The van der Waals surface area contributed by atoms with Gasteiger partial charge in [0.05, 0.1) is 44.5 Å². The average Bonchev–Trinajstić information content (AvgIpc) is 2.78. The molecule has 3 rings (SSSR count). The van der Waals surface area contributed by atoms with Gasteiger partial charge in [-0.15, -0.1) is 0 Å². The molecule has 7 nitrogen and oxygen atoms in total. The summed E-state index contributed by atoms with van der Waals surface area (Å²) in [5.41, 5.74) is 1.25. The van der Waals surface area contributed by atoms with E-state index in [4.69, 9.17) is 0 Å². The van der Waals surface area contributed by atoms with E-state index in [-0.39, 0.29) is 17.7 Å². The van der Waals surface area contributed by atoms with Crippen molar-refractivity contribution in [1.29, 1.82) is 0 Å². The van der Waals surface area contributed by atoms with Crippen LogP contribution in [0, 0.1) is 0 Å². The van der Waals surface area contributed by atoms with Crippen LogP contribution in [0.25, 0.3) is 0 Å². The number of carbonyl (C=O) groups is 3. The normalized spacial score (nSPS) is 15.3. The Morgan fingerprint density at radius 1 is 0.967 bits per heavy atom.